The van der Waals surface area contributed by atoms with Crippen molar-refractivity contribution >= 4 is 10.0 Å². The molecular formula is C12H17FN2O2S. The smallest absolute Gasteiger partial charge is 0.243 e. The van der Waals surface area contributed by atoms with E-state index >= 15 is 0 Å². The summed E-state index contributed by atoms with van der Waals surface area (Å²) in [5.74, 6) is -0.707. The lowest BCUT2D eigenvalue weighted by Crippen LogP contribution is -2.37. The van der Waals surface area contributed by atoms with Crippen molar-refractivity contribution in [1.29, 1.82) is 0 Å². The quantitative estimate of drug-likeness (QED) is 0.865. The lowest BCUT2D eigenvalue weighted by molar-refractivity contribution is 0.538. The van der Waals surface area contributed by atoms with E-state index in [4.69, 9.17) is 0 Å². The van der Waals surface area contributed by atoms with E-state index < -0.39 is 15.8 Å². The maximum Gasteiger partial charge on any atom is 0.243 e. The Bertz CT molecular complexity index is 525. The normalized spacial score (nSPS) is 20.2. The molecule has 1 atom stereocenters. The van der Waals surface area contributed by atoms with Crippen LogP contribution in [-0.4, -0.2) is 27.5 Å². The molecule has 1 aromatic carbocycles. The average Bonchev–Trinajstić information content (AvgIpc) is 2.78. The Labute approximate surface area is 107 Å². The van der Waals surface area contributed by atoms with Gasteiger partial charge in [-0.15, -0.1) is 0 Å². The third-order valence-electron chi connectivity index (χ3n) is 3.06. The summed E-state index contributed by atoms with van der Waals surface area (Å²) in [4.78, 5) is -0.286. The van der Waals surface area contributed by atoms with Gasteiger partial charge in [-0.25, -0.2) is 17.5 Å². The van der Waals surface area contributed by atoms with E-state index in [-0.39, 0.29) is 10.9 Å². The fourth-order valence-corrected chi connectivity index (χ4v) is 3.18. The predicted molar refractivity (Wildman–Crippen MR) is 67.4 cm³/mol. The molecule has 0 amide bonds. The molecule has 100 valence electrons. The van der Waals surface area contributed by atoms with Crippen LogP contribution >= 0.6 is 0 Å². The van der Waals surface area contributed by atoms with E-state index in [1.807, 2.05) is 0 Å². The minimum absolute atomic E-state index is 0.147. The van der Waals surface area contributed by atoms with Gasteiger partial charge in [0.2, 0.25) is 10.0 Å². The molecule has 1 saturated heterocycles. The van der Waals surface area contributed by atoms with E-state index in [1.54, 1.807) is 13.0 Å². The molecule has 0 spiro atoms. The number of hydrogen-bond acceptors (Lipinski definition) is 3. The minimum Gasteiger partial charge on any atom is -0.313 e. The van der Waals surface area contributed by atoms with Crippen LogP contribution in [0, 0.1) is 12.7 Å². The summed E-state index contributed by atoms with van der Waals surface area (Å²) in [7, 11) is -3.76. The summed E-state index contributed by atoms with van der Waals surface area (Å²) in [6.45, 7) is 2.93. The summed E-state index contributed by atoms with van der Waals surface area (Å²) in [6.07, 6.45) is 1.99. The first-order valence-corrected chi connectivity index (χ1v) is 7.46. The fourth-order valence-electron chi connectivity index (χ4n) is 2.04. The van der Waals surface area contributed by atoms with Crippen molar-refractivity contribution in [2.24, 2.45) is 0 Å². The highest BCUT2D eigenvalue weighted by Gasteiger charge is 2.21. The Morgan fingerprint density at radius 2 is 2.28 bits per heavy atom. The Morgan fingerprint density at radius 3 is 2.89 bits per heavy atom. The highest BCUT2D eigenvalue weighted by Crippen LogP contribution is 2.15. The molecular weight excluding hydrogens is 255 g/mol. The summed E-state index contributed by atoms with van der Waals surface area (Å²) in [6, 6.07) is 4.26. The van der Waals surface area contributed by atoms with Crippen LogP contribution < -0.4 is 10.0 Å². The van der Waals surface area contributed by atoms with E-state index in [9.17, 15) is 12.8 Å². The van der Waals surface area contributed by atoms with Crippen LogP contribution in [0.4, 0.5) is 4.39 Å². The standard InChI is InChI=1S/C12H17FN2O2S/c1-9-4-5-12(11(13)7-9)18(16,17)15-8-10-3-2-6-14-10/h4-5,7,10,14-15H,2-3,6,8H2,1H3. The topological polar surface area (TPSA) is 58.2 Å². The number of sulfonamides is 1. The molecule has 18 heavy (non-hydrogen) atoms. The molecule has 1 fully saturated rings. The van der Waals surface area contributed by atoms with Gasteiger partial charge in [0.15, 0.2) is 0 Å². The highest BCUT2D eigenvalue weighted by atomic mass is 32.2. The van der Waals surface area contributed by atoms with E-state index in [0.717, 1.165) is 19.4 Å². The van der Waals surface area contributed by atoms with Gasteiger partial charge in [-0.1, -0.05) is 6.07 Å². The van der Waals surface area contributed by atoms with Crippen molar-refractivity contribution in [2.45, 2.75) is 30.7 Å². The second-order valence-corrected chi connectivity index (χ2v) is 6.31. The fraction of sp³-hybridized carbons (Fsp3) is 0.500. The van der Waals surface area contributed by atoms with Gasteiger partial charge in [0, 0.05) is 12.6 Å². The predicted octanol–water partition coefficient (Wildman–Crippen LogP) is 1.16. The molecule has 0 aromatic heterocycles. The molecule has 0 saturated carbocycles. The largest absolute Gasteiger partial charge is 0.313 e. The van der Waals surface area contributed by atoms with Crippen molar-refractivity contribution in [3.05, 3.63) is 29.6 Å². The monoisotopic (exact) mass is 272 g/mol. The van der Waals surface area contributed by atoms with Crippen molar-refractivity contribution < 1.29 is 12.8 Å². The number of aryl methyl sites for hydroxylation is 1. The summed E-state index contributed by atoms with van der Waals surface area (Å²) in [5.41, 5.74) is 0.698. The maximum atomic E-state index is 13.6. The number of halogens is 1. The summed E-state index contributed by atoms with van der Waals surface area (Å²) >= 11 is 0. The van der Waals surface area contributed by atoms with Crippen LogP contribution in [0.1, 0.15) is 18.4 Å². The Morgan fingerprint density at radius 1 is 1.50 bits per heavy atom. The van der Waals surface area contributed by atoms with Gasteiger partial charge in [0.1, 0.15) is 10.7 Å². The summed E-state index contributed by atoms with van der Waals surface area (Å²) in [5, 5.41) is 3.18. The van der Waals surface area contributed by atoms with Gasteiger partial charge in [0.05, 0.1) is 0 Å². The van der Waals surface area contributed by atoms with Gasteiger partial charge in [-0.05, 0) is 44.0 Å². The molecule has 1 unspecified atom stereocenters. The van der Waals surface area contributed by atoms with Gasteiger partial charge in [-0.3, -0.25) is 0 Å². The number of benzene rings is 1. The SMILES string of the molecule is Cc1ccc(S(=O)(=O)NCC2CCCN2)c(F)c1. The molecule has 1 aliphatic heterocycles. The Balaban J connectivity index is 2.09. The second-order valence-electron chi connectivity index (χ2n) is 4.58. The third-order valence-corrected chi connectivity index (χ3v) is 4.52. The molecule has 1 heterocycles. The molecule has 2 rings (SSSR count). The molecule has 2 N–H and O–H groups in total. The van der Waals surface area contributed by atoms with Crippen LogP contribution in [0.15, 0.2) is 23.1 Å². The van der Waals surface area contributed by atoms with Crippen LogP contribution in [0.2, 0.25) is 0 Å². The molecule has 0 bridgehead atoms. The Hall–Kier alpha value is -0.980. The Kier molecular flexibility index (Phi) is 3.99. The van der Waals surface area contributed by atoms with E-state index in [2.05, 4.69) is 10.0 Å². The molecule has 0 aliphatic carbocycles. The van der Waals surface area contributed by atoms with Gasteiger partial charge in [-0.2, -0.15) is 0 Å². The van der Waals surface area contributed by atoms with Crippen molar-refractivity contribution in [3.63, 3.8) is 0 Å². The first-order chi connectivity index (χ1) is 8.49. The molecule has 4 nitrogen and oxygen atoms in total. The first-order valence-electron chi connectivity index (χ1n) is 5.98. The second kappa shape index (κ2) is 5.34. The average molecular weight is 272 g/mol. The first kappa shape index (κ1) is 13.5. The lowest BCUT2D eigenvalue weighted by atomic mass is 10.2. The van der Waals surface area contributed by atoms with Crippen LogP contribution in [0.3, 0.4) is 0 Å². The number of rotatable bonds is 4. The molecule has 1 aromatic rings. The van der Waals surface area contributed by atoms with Crippen molar-refractivity contribution in [1.82, 2.24) is 10.0 Å². The van der Waals surface area contributed by atoms with Gasteiger partial charge >= 0.3 is 0 Å². The maximum absolute atomic E-state index is 13.6. The molecule has 6 heteroatoms. The number of nitrogens with one attached hydrogen (secondary N) is 2. The van der Waals surface area contributed by atoms with Crippen LogP contribution in [0.5, 0.6) is 0 Å². The highest BCUT2D eigenvalue weighted by molar-refractivity contribution is 7.89. The summed E-state index contributed by atoms with van der Waals surface area (Å²) < 4.78 is 39.9. The van der Waals surface area contributed by atoms with Crippen molar-refractivity contribution in [3.8, 4) is 0 Å². The van der Waals surface area contributed by atoms with Crippen LogP contribution in [0.25, 0.3) is 0 Å². The van der Waals surface area contributed by atoms with E-state index in [0.29, 0.717) is 12.1 Å². The molecule has 1 aliphatic rings. The van der Waals surface area contributed by atoms with Crippen LogP contribution in [-0.2, 0) is 10.0 Å². The molecule has 0 radical (unpaired) electrons. The third kappa shape index (κ3) is 3.07. The number of hydrogen-bond donors (Lipinski definition) is 2. The van der Waals surface area contributed by atoms with Gasteiger partial charge < -0.3 is 5.32 Å². The van der Waals surface area contributed by atoms with E-state index in [1.165, 1.54) is 12.1 Å². The van der Waals surface area contributed by atoms with Gasteiger partial charge in [0.25, 0.3) is 0 Å². The van der Waals surface area contributed by atoms with Crippen molar-refractivity contribution in [2.75, 3.05) is 13.1 Å². The zero-order valence-corrected chi connectivity index (χ0v) is 11.1. The zero-order chi connectivity index (χ0) is 13.2. The zero-order valence-electron chi connectivity index (χ0n) is 10.2. The lowest BCUT2D eigenvalue weighted by Gasteiger charge is -2.12. The minimum atomic E-state index is -3.76.